The molecule has 150 valence electrons. The number of halogens is 1. The number of nitrogens with zero attached hydrogens (tertiary/aromatic N) is 3. The maximum atomic E-state index is 14.0. The molecule has 0 unspecified atom stereocenters. The van der Waals surface area contributed by atoms with E-state index in [1.54, 1.807) is 35.9 Å². The number of carbonyl (C=O) groups is 2. The molecule has 0 aliphatic rings. The van der Waals surface area contributed by atoms with E-state index in [9.17, 15) is 14.0 Å². The van der Waals surface area contributed by atoms with E-state index in [2.05, 4.69) is 20.8 Å². The van der Waals surface area contributed by atoms with Crippen LogP contribution in [0.25, 0.3) is 11.4 Å². The van der Waals surface area contributed by atoms with Gasteiger partial charge in [-0.1, -0.05) is 36.0 Å². The molecule has 3 amide bonds. The van der Waals surface area contributed by atoms with Gasteiger partial charge in [-0.25, -0.2) is 9.18 Å². The van der Waals surface area contributed by atoms with Crippen molar-refractivity contribution in [3.8, 4) is 11.4 Å². The maximum absolute atomic E-state index is 14.0. The lowest BCUT2D eigenvalue weighted by Gasteiger charge is -2.10. The van der Waals surface area contributed by atoms with Gasteiger partial charge in [0.1, 0.15) is 5.82 Å². The summed E-state index contributed by atoms with van der Waals surface area (Å²) in [5.41, 5.74) is 2.94. The van der Waals surface area contributed by atoms with Crippen LogP contribution in [0.5, 0.6) is 0 Å². The number of rotatable bonds is 5. The number of aromatic nitrogens is 3. The lowest BCUT2D eigenvalue weighted by molar-refractivity contribution is -0.117. The highest BCUT2D eigenvalue weighted by molar-refractivity contribution is 7.99. The monoisotopic (exact) mass is 413 g/mol. The van der Waals surface area contributed by atoms with Gasteiger partial charge in [-0.05, 0) is 43.2 Å². The van der Waals surface area contributed by atoms with Gasteiger partial charge in [0.15, 0.2) is 11.0 Å². The Labute approximate surface area is 171 Å². The molecule has 0 saturated carbocycles. The van der Waals surface area contributed by atoms with Gasteiger partial charge in [0.2, 0.25) is 5.91 Å². The smallest absolute Gasteiger partial charge is 0.307 e. The number of aryl methyl sites for hydroxylation is 1. The highest BCUT2D eigenvalue weighted by Gasteiger charge is 2.16. The summed E-state index contributed by atoms with van der Waals surface area (Å²) in [4.78, 5) is 24.2. The van der Waals surface area contributed by atoms with Crippen LogP contribution in [0, 0.1) is 19.7 Å². The number of anilines is 1. The Bertz CT molecular complexity index is 1070. The molecule has 2 N–H and O–H groups in total. The lowest BCUT2D eigenvalue weighted by Crippen LogP contribution is -2.35. The van der Waals surface area contributed by atoms with Crippen LogP contribution in [-0.2, 0) is 11.8 Å². The van der Waals surface area contributed by atoms with Crippen LogP contribution in [0.3, 0.4) is 0 Å². The second kappa shape index (κ2) is 8.87. The molecule has 0 spiro atoms. The number of imide groups is 1. The largest absolute Gasteiger partial charge is 0.325 e. The molecule has 0 bridgehead atoms. The molecule has 1 heterocycles. The average molecular weight is 413 g/mol. The van der Waals surface area contributed by atoms with E-state index in [-0.39, 0.29) is 5.75 Å². The molecule has 7 nitrogen and oxygen atoms in total. The molecule has 3 aromatic rings. The number of hydrogen-bond donors (Lipinski definition) is 2. The predicted octanol–water partition coefficient (Wildman–Crippen LogP) is 3.68. The fourth-order valence-corrected chi connectivity index (χ4v) is 3.36. The Morgan fingerprint density at radius 2 is 1.86 bits per heavy atom. The summed E-state index contributed by atoms with van der Waals surface area (Å²) in [5, 5.41) is 13.4. The van der Waals surface area contributed by atoms with E-state index in [4.69, 9.17) is 0 Å². The van der Waals surface area contributed by atoms with Crippen LogP contribution in [0.4, 0.5) is 14.9 Å². The molecule has 0 aliphatic heterocycles. The van der Waals surface area contributed by atoms with Crippen LogP contribution in [0.1, 0.15) is 11.1 Å². The summed E-state index contributed by atoms with van der Waals surface area (Å²) in [6.45, 7) is 3.83. The van der Waals surface area contributed by atoms with Crippen molar-refractivity contribution < 1.29 is 14.0 Å². The van der Waals surface area contributed by atoms with Crippen molar-refractivity contribution in [2.75, 3.05) is 11.1 Å². The van der Waals surface area contributed by atoms with Crippen molar-refractivity contribution in [1.29, 1.82) is 0 Å². The summed E-state index contributed by atoms with van der Waals surface area (Å²) in [6, 6.07) is 11.2. The first kappa shape index (κ1) is 20.5. The Morgan fingerprint density at radius 3 is 2.62 bits per heavy atom. The minimum atomic E-state index is -0.602. The molecular weight excluding hydrogens is 393 g/mol. The first-order chi connectivity index (χ1) is 13.9. The Kier molecular flexibility index (Phi) is 6.28. The summed E-state index contributed by atoms with van der Waals surface area (Å²) < 4.78 is 15.6. The van der Waals surface area contributed by atoms with Crippen LogP contribution >= 0.6 is 11.8 Å². The topological polar surface area (TPSA) is 88.9 Å². The van der Waals surface area contributed by atoms with Gasteiger partial charge in [0, 0.05) is 12.7 Å². The van der Waals surface area contributed by atoms with Crippen LogP contribution < -0.4 is 10.6 Å². The molecule has 2 aromatic carbocycles. The molecule has 0 saturated heterocycles. The molecule has 0 fully saturated rings. The van der Waals surface area contributed by atoms with Crippen molar-refractivity contribution in [2.45, 2.75) is 19.0 Å². The van der Waals surface area contributed by atoms with E-state index in [0.717, 1.165) is 22.9 Å². The standard InChI is InChI=1S/C20H20FN5O2S/c1-12-7-6-10-16(13(12)2)22-19(28)23-17(27)11-29-20-25-24-18(26(20)3)14-8-4-5-9-15(14)21/h4-10H,11H2,1-3H3,(H2,22,23,27,28). The number of benzene rings is 2. The van der Waals surface area contributed by atoms with Gasteiger partial charge < -0.3 is 9.88 Å². The Hall–Kier alpha value is -3.20. The minimum absolute atomic E-state index is 0.0382. The second-order valence-corrected chi connectivity index (χ2v) is 7.33. The van der Waals surface area contributed by atoms with Gasteiger partial charge in [-0.3, -0.25) is 10.1 Å². The molecule has 0 aliphatic carbocycles. The lowest BCUT2D eigenvalue weighted by atomic mass is 10.1. The highest BCUT2D eigenvalue weighted by atomic mass is 32.2. The highest BCUT2D eigenvalue weighted by Crippen LogP contribution is 2.24. The third-order valence-electron chi connectivity index (χ3n) is 4.39. The maximum Gasteiger partial charge on any atom is 0.325 e. The third-order valence-corrected chi connectivity index (χ3v) is 5.41. The summed E-state index contributed by atoms with van der Waals surface area (Å²) in [5.74, 6) is -0.559. The molecule has 29 heavy (non-hydrogen) atoms. The van der Waals surface area contributed by atoms with E-state index in [1.807, 2.05) is 26.0 Å². The van der Waals surface area contributed by atoms with Gasteiger partial charge >= 0.3 is 6.03 Å². The Morgan fingerprint density at radius 1 is 1.10 bits per heavy atom. The van der Waals surface area contributed by atoms with Crippen molar-refractivity contribution in [2.24, 2.45) is 7.05 Å². The van der Waals surface area contributed by atoms with Crippen molar-refractivity contribution >= 4 is 29.4 Å². The van der Waals surface area contributed by atoms with Crippen molar-refractivity contribution in [3.05, 3.63) is 59.4 Å². The summed E-state index contributed by atoms with van der Waals surface area (Å²) in [7, 11) is 1.69. The number of nitrogens with one attached hydrogen (secondary N) is 2. The fraction of sp³-hybridized carbons (Fsp3) is 0.200. The Balaban J connectivity index is 1.58. The number of hydrogen-bond acceptors (Lipinski definition) is 5. The van der Waals surface area contributed by atoms with Gasteiger partial charge in [-0.2, -0.15) is 0 Å². The first-order valence-corrected chi connectivity index (χ1v) is 9.79. The zero-order valence-electron chi connectivity index (χ0n) is 16.2. The average Bonchev–Trinajstić information content (AvgIpc) is 3.04. The van der Waals surface area contributed by atoms with Gasteiger partial charge in [0.05, 0.1) is 11.3 Å². The summed E-state index contributed by atoms with van der Waals surface area (Å²) in [6.07, 6.45) is 0. The predicted molar refractivity (Wildman–Crippen MR) is 110 cm³/mol. The molecule has 9 heteroatoms. The minimum Gasteiger partial charge on any atom is -0.307 e. The zero-order chi connectivity index (χ0) is 21.0. The molecule has 1 aromatic heterocycles. The number of thioether (sulfide) groups is 1. The molecule has 0 atom stereocenters. The van der Waals surface area contributed by atoms with Crippen molar-refractivity contribution in [1.82, 2.24) is 20.1 Å². The van der Waals surface area contributed by atoms with E-state index in [1.165, 1.54) is 6.07 Å². The van der Waals surface area contributed by atoms with E-state index in [0.29, 0.717) is 22.2 Å². The van der Waals surface area contributed by atoms with Crippen LogP contribution in [0.2, 0.25) is 0 Å². The third kappa shape index (κ3) is 4.80. The molecular formula is C20H20FN5O2S. The number of carbonyl (C=O) groups excluding carboxylic acids is 2. The second-order valence-electron chi connectivity index (χ2n) is 6.38. The van der Waals surface area contributed by atoms with Crippen LogP contribution in [-0.4, -0.2) is 32.5 Å². The number of amides is 3. The normalized spacial score (nSPS) is 10.6. The SMILES string of the molecule is Cc1cccc(NC(=O)NC(=O)CSc2nnc(-c3ccccc3F)n2C)c1C. The van der Waals surface area contributed by atoms with E-state index >= 15 is 0 Å². The molecule has 0 radical (unpaired) electrons. The number of urea groups is 1. The van der Waals surface area contributed by atoms with E-state index < -0.39 is 17.8 Å². The molecule has 3 rings (SSSR count). The summed E-state index contributed by atoms with van der Waals surface area (Å²) >= 11 is 1.11. The van der Waals surface area contributed by atoms with Gasteiger partial charge in [-0.15, -0.1) is 10.2 Å². The van der Waals surface area contributed by atoms with Crippen molar-refractivity contribution in [3.63, 3.8) is 0 Å². The first-order valence-electron chi connectivity index (χ1n) is 8.81. The quantitative estimate of drug-likeness (QED) is 0.623. The fourth-order valence-electron chi connectivity index (χ4n) is 2.65. The zero-order valence-corrected chi connectivity index (χ0v) is 17.0. The van der Waals surface area contributed by atoms with Gasteiger partial charge in [0.25, 0.3) is 0 Å². The van der Waals surface area contributed by atoms with Crippen LogP contribution in [0.15, 0.2) is 47.6 Å².